The third-order valence-electron chi connectivity index (χ3n) is 2.27. The average Bonchev–Trinajstić information content (AvgIpc) is 2.68. The highest BCUT2D eigenvalue weighted by Gasteiger charge is 2.09. The van der Waals surface area contributed by atoms with Crippen LogP contribution in [0.2, 0.25) is 0 Å². The van der Waals surface area contributed by atoms with E-state index < -0.39 is 11.6 Å². The van der Waals surface area contributed by atoms with E-state index in [0.29, 0.717) is 17.9 Å². The first kappa shape index (κ1) is 12.5. The first-order valence-corrected chi connectivity index (χ1v) is 6.55. The van der Waals surface area contributed by atoms with Crippen LogP contribution in [0.5, 0.6) is 5.75 Å². The SMILES string of the molecule is Cc1cc(F)c(F)cc1OCc1sccc1Br. The molecule has 0 N–H and O–H groups in total. The number of aryl methyl sites for hydroxylation is 1. The van der Waals surface area contributed by atoms with Crippen LogP contribution in [0.15, 0.2) is 28.1 Å². The highest BCUT2D eigenvalue weighted by Crippen LogP contribution is 2.26. The molecule has 17 heavy (non-hydrogen) atoms. The Morgan fingerprint density at radius 1 is 1.29 bits per heavy atom. The summed E-state index contributed by atoms with van der Waals surface area (Å²) in [5.74, 6) is -1.38. The molecule has 0 saturated heterocycles. The van der Waals surface area contributed by atoms with Crippen molar-refractivity contribution in [2.45, 2.75) is 13.5 Å². The Bertz CT molecular complexity index is 539. The zero-order chi connectivity index (χ0) is 12.4. The first-order chi connectivity index (χ1) is 8.08. The predicted octanol–water partition coefficient (Wildman–Crippen LogP) is 4.68. The van der Waals surface area contributed by atoms with Crippen molar-refractivity contribution < 1.29 is 13.5 Å². The largest absolute Gasteiger partial charge is 0.488 e. The summed E-state index contributed by atoms with van der Waals surface area (Å²) in [7, 11) is 0. The molecule has 1 heterocycles. The summed E-state index contributed by atoms with van der Waals surface area (Å²) in [6, 6.07) is 4.13. The van der Waals surface area contributed by atoms with Crippen LogP contribution in [-0.2, 0) is 6.61 Å². The number of rotatable bonds is 3. The lowest BCUT2D eigenvalue weighted by molar-refractivity contribution is 0.304. The van der Waals surface area contributed by atoms with E-state index in [4.69, 9.17) is 4.74 Å². The topological polar surface area (TPSA) is 9.23 Å². The van der Waals surface area contributed by atoms with Crippen molar-refractivity contribution in [1.82, 2.24) is 0 Å². The fraction of sp³-hybridized carbons (Fsp3) is 0.167. The van der Waals surface area contributed by atoms with Gasteiger partial charge in [-0.25, -0.2) is 8.78 Å². The zero-order valence-electron chi connectivity index (χ0n) is 8.97. The smallest absolute Gasteiger partial charge is 0.162 e. The molecule has 0 unspecified atom stereocenters. The van der Waals surface area contributed by atoms with Gasteiger partial charge in [0, 0.05) is 10.5 Å². The Morgan fingerprint density at radius 3 is 2.65 bits per heavy atom. The fourth-order valence-electron chi connectivity index (χ4n) is 1.35. The molecule has 0 amide bonds. The van der Waals surface area contributed by atoms with Gasteiger partial charge < -0.3 is 4.74 Å². The molecule has 0 spiro atoms. The lowest BCUT2D eigenvalue weighted by atomic mass is 10.2. The summed E-state index contributed by atoms with van der Waals surface area (Å²) in [4.78, 5) is 1.01. The summed E-state index contributed by atoms with van der Waals surface area (Å²) in [6.45, 7) is 2.02. The van der Waals surface area contributed by atoms with Crippen LogP contribution in [0.4, 0.5) is 8.78 Å². The Labute approximate surface area is 110 Å². The van der Waals surface area contributed by atoms with Crippen molar-refractivity contribution in [1.29, 1.82) is 0 Å². The second kappa shape index (κ2) is 5.14. The summed E-state index contributed by atoms with van der Waals surface area (Å²) in [5.41, 5.74) is 0.580. The molecule has 1 nitrogen and oxygen atoms in total. The molecule has 5 heteroatoms. The van der Waals surface area contributed by atoms with Crippen molar-refractivity contribution in [2.75, 3.05) is 0 Å². The molecule has 0 bridgehead atoms. The van der Waals surface area contributed by atoms with E-state index in [1.54, 1.807) is 18.3 Å². The molecular formula is C12H9BrF2OS. The van der Waals surface area contributed by atoms with Gasteiger partial charge in [0.25, 0.3) is 0 Å². The second-order valence-corrected chi connectivity index (χ2v) is 5.37. The lowest BCUT2D eigenvalue weighted by Gasteiger charge is -2.09. The van der Waals surface area contributed by atoms with Gasteiger partial charge in [-0.3, -0.25) is 0 Å². The quantitative estimate of drug-likeness (QED) is 0.798. The van der Waals surface area contributed by atoms with Crippen LogP contribution >= 0.6 is 27.3 Å². The van der Waals surface area contributed by atoms with Gasteiger partial charge in [0.15, 0.2) is 11.6 Å². The maximum Gasteiger partial charge on any atom is 0.162 e. The van der Waals surface area contributed by atoms with Crippen LogP contribution < -0.4 is 4.74 Å². The molecule has 2 rings (SSSR count). The second-order valence-electron chi connectivity index (χ2n) is 3.51. The van der Waals surface area contributed by atoms with Crippen molar-refractivity contribution in [3.8, 4) is 5.75 Å². The van der Waals surface area contributed by atoms with Crippen LogP contribution in [0.3, 0.4) is 0 Å². The van der Waals surface area contributed by atoms with Crippen LogP contribution in [-0.4, -0.2) is 0 Å². The summed E-state index contributed by atoms with van der Waals surface area (Å²) in [5, 5.41) is 1.93. The number of benzene rings is 1. The van der Waals surface area contributed by atoms with Crippen LogP contribution in [0.25, 0.3) is 0 Å². The maximum atomic E-state index is 13.0. The van der Waals surface area contributed by atoms with E-state index in [0.717, 1.165) is 21.5 Å². The molecule has 1 aromatic carbocycles. The molecule has 0 atom stereocenters. The Morgan fingerprint density at radius 2 is 2.00 bits per heavy atom. The maximum absolute atomic E-state index is 13.0. The van der Waals surface area contributed by atoms with Crippen molar-refractivity contribution >= 4 is 27.3 Å². The van der Waals surface area contributed by atoms with Gasteiger partial charge in [-0.1, -0.05) is 0 Å². The van der Waals surface area contributed by atoms with Gasteiger partial charge in [-0.05, 0) is 45.9 Å². The summed E-state index contributed by atoms with van der Waals surface area (Å²) >= 11 is 4.92. The third-order valence-corrected chi connectivity index (χ3v) is 4.17. The molecule has 0 fully saturated rings. The van der Waals surface area contributed by atoms with Gasteiger partial charge >= 0.3 is 0 Å². The molecule has 0 aliphatic heterocycles. The number of hydrogen-bond acceptors (Lipinski definition) is 2. The third kappa shape index (κ3) is 2.84. The van der Waals surface area contributed by atoms with E-state index in [1.165, 1.54) is 0 Å². The van der Waals surface area contributed by atoms with Crippen molar-refractivity contribution in [2.24, 2.45) is 0 Å². The number of hydrogen-bond donors (Lipinski definition) is 0. The monoisotopic (exact) mass is 318 g/mol. The Kier molecular flexibility index (Phi) is 3.79. The van der Waals surface area contributed by atoms with Gasteiger partial charge in [-0.2, -0.15) is 0 Å². The molecule has 0 aliphatic rings. The number of ether oxygens (including phenoxy) is 1. The van der Waals surface area contributed by atoms with Crippen molar-refractivity contribution in [3.63, 3.8) is 0 Å². The van der Waals surface area contributed by atoms with Crippen molar-refractivity contribution in [3.05, 3.63) is 50.1 Å². The highest BCUT2D eigenvalue weighted by molar-refractivity contribution is 9.10. The average molecular weight is 319 g/mol. The lowest BCUT2D eigenvalue weighted by Crippen LogP contribution is -1.97. The summed E-state index contributed by atoms with van der Waals surface area (Å²) < 4.78 is 32.4. The van der Waals surface area contributed by atoms with E-state index in [-0.39, 0.29) is 0 Å². The fourth-order valence-corrected chi connectivity index (χ4v) is 2.73. The molecule has 2 aromatic rings. The number of thiophene rings is 1. The zero-order valence-corrected chi connectivity index (χ0v) is 11.4. The minimum absolute atomic E-state index is 0.337. The highest BCUT2D eigenvalue weighted by atomic mass is 79.9. The van der Waals surface area contributed by atoms with Gasteiger partial charge in [0.1, 0.15) is 12.4 Å². The van der Waals surface area contributed by atoms with Crippen LogP contribution in [0.1, 0.15) is 10.4 Å². The minimum Gasteiger partial charge on any atom is -0.488 e. The molecular weight excluding hydrogens is 310 g/mol. The predicted molar refractivity (Wildman–Crippen MR) is 67.4 cm³/mol. The Hall–Kier alpha value is -0.940. The normalized spacial score (nSPS) is 10.6. The molecule has 0 radical (unpaired) electrons. The summed E-state index contributed by atoms with van der Waals surface area (Å²) in [6.07, 6.45) is 0. The Balaban J connectivity index is 2.14. The van der Waals surface area contributed by atoms with E-state index in [2.05, 4.69) is 15.9 Å². The minimum atomic E-state index is -0.893. The van der Waals surface area contributed by atoms with Gasteiger partial charge in [-0.15, -0.1) is 11.3 Å². The molecule has 0 aliphatic carbocycles. The standard InChI is InChI=1S/C12H9BrF2OS/c1-7-4-9(14)10(15)5-11(7)16-6-12-8(13)2-3-17-12/h2-5H,6H2,1H3. The van der Waals surface area contributed by atoms with Gasteiger partial charge in [0.05, 0.1) is 4.88 Å². The molecule has 0 saturated carbocycles. The van der Waals surface area contributed by atoms with Crippen LogP contribution in [0, 0.1) is 18.6 Å². The van der Waals surface area contributed by atoms with E-state index in [1.807, 2.05) is 11.4 Å². The first-order valence-electron chi connectivity index (χ1n) is 4.88. The molecule has 90 valence electrons. The van der Waals surface area contributed by atoms with E-state index >= 15 is 0 Å². The number of halogens is 3. The van der Waals surface area contributed by atoms with E-state index in [9.17, 15) is 8.78 Å². The van der Waals surface area contributed by atoms with Gasteiger partial charge in [0.2, 0.25) is 0 Å². The molecule has 1 aromatic heterocycles.